The first kappa shape index (κ1) is 17.3. The molecule has 0 aliphatic carbocycles. The van der Waals surface area contributed by atoms with Crippen LogP contribution in [-0.2, 0) is 19.4 Å². The molecule has 0 fully saturated rings. The third-order valence-corrected chi connectivity index (χ3v) is 4.31. The number of amides is 1. The Morgan fingerprint density at radius 3 is 2.92 bits per heavy atom. The minimum Gasteiger partial charge on any atom is -0.494 e. The fraction of sp³-hybridized carbons (Fsp3) is 0.474. The number of nitrogens with zero attached hydrogens (tertiary/aromatic N) is 1. The summed E-state index contributed by atoms with van der Waals surface area (Å²) in [6.07, 6.45) is 1.69. The highest BCUT2D eigenvalue weighted by atomic mass is 16.5. The highest BCUT2D eigenvalue weighted by molar-refractivity contribution is 5.96. The molecule has 1 aromatic heterocycles. The number of carbonyl (C=O) groups excluding carboxylic acids is 1. The summed E-state index contributed by atoms with van der Waals surface area (Å²) in [5, 5.41) is 6.88. The molecule has 0 bridgehead atoms. The smallest absolute Gasteiger partial charge is 0.257 e. The summed E-state index contributed by atoms with van der Waals surface area (Å²) in [5.74, 6) is 2.01. The van der Waals surface area contributed by atoms with Crippen LogP contribution in [0.5, 0.6) is 11.5 Å². The van der Waals surface area contributed by atoms with E-state index >= 15 is 0 Å². The van der Waals surface area contributed by atoms with Crippen molar-refractivity contribution in [3.63, 3.8) is 0 Å². The Bertz CT molecular complexity index is 782. The quantitative estimate of drug-likeness (QED) is 0.871. The number of rotatable bonds is 6. The molecule has 0 saturated heterocycles. The molecule has 2 aromatic rings. The monoisotopic (exact) mass is 344 g/mol. The van der Waals surface area contributed by atoms with E-state index in [9.17, 15) is 4.79 Å². The molecule has 1 atom stereocenters. The highest BCUT2D eigenvalue weighted by Gasteiger charge is 2.23. The predicted molar refractivity (Wildman–Crippen MR) is 93.2 cm³/mol. The fourth-order valence-corrected chi connectivity index (χ4v) is 3.12. The summed E-state index contributed by atoms with van der Waals surface area (Å²) in [4.78, 5) is 12.6. The maximum absolute atomic E-state index is 12.6. The number of aromatic nitrogens is 1. The first-order valence-corrected chi connectivity index (χ1v) is 8.72. The van der Waals surface area contributed by atoms with E-state index in [1.165, 1.54) is 0 Å². The Morgan fingerprint density at radius 1 is 1.40 bits per heavy atom. The van der Waals surface area contributed by atoms with E-state index in [1.54, 1.807) is 6.92 Å². The van der Waals surface area contributed by atoms with Gasteiger partial charge in [-0.3, -0.25) is 4.79 Å². The molecule has 0 unspecified atom stereocenters. The van der Waals surface area contributed by atoms with Gasteiger partial charge in [0.2, 0.25) is 0 Å². The van der Waals surface area contributed by atoms with Crippen LogP contribution in [0.3, 0.4) is 0 Å². The zero-order valence-corrected chi connectivity index (χ0v) is 15.1. The normalized spacial score (nSPS) is 15.6. The highest BCUT2D eigenvalue weighted by Crippen LogP contribution is 2.35. The van der Waals surface area contributed by atoms with Crippen molar-refractivity contribution >= 4 is 5.91 Å². The van der Waals surface area contributed by atoms with Gasteiger partial charge in [-0.2, -0.15) is 0 Å². The zero-order valence-electron chi connectivity index (χ0n) is 15.1. The van der Waals surface area contributed by atoms with Crippen LogP contribution in [0.2, 0.25) is 0 Å². The number of fused-ring (bicyclic) bond motifs is 1. The van der Waals surface area contributed by atoms with Crippen molar-refractivity contribution in [1.82, 2.24) is 10.5 Å². The summed E-state index contributed by atoms with van der Waals surface area (Å²) in [5.41, 5.74) is 3.24. The Labute approximate surface area is 147 Å². The van der Waals surface area contributed by atoms with Crippen LogP contribution in [0, 0.1) is 6.92 Å². The van der Waals surface area contributed by atoms with Gasteiger partial charge in [0.1, 0.15) is 28.9 Å². The maximum Gasteiger partial charge on any atom is 0.257 e. The van der Waals surface area contributed by atoms with Gasteiger partial charge >= 0.3 is 0 Å². The second-order valence-electron chi connectivity index (χ2n) is 6.23. The molecule has 6 heteroatoms. The summed E-state index contributed by atoms with van der Waals surface area (Å²) in [6.45, 7) is 8.61. The lowest BCUT2D eigenvalue weighted by Gasteiger charge is -2.13. The summed E-state index contributed by atoms with van der Waals surface area (Å²) < 4.78 is 16.7. The third-order valence-electron chi connectivity index (χ3n) is 4.31. The number of hydrogen-bond donors (Lipinski definition) is 1. The van der Waals surface area contributed by atoms with E-state index < -0.39 is 0 Å². The third kappa shape index (κ3) is 3.48. The molecular formula is C19H24N2O4. The van der Waals surface area contributed by atoms with E-state index in [0.29, 0.717) is 36.6 Å². The number of benzene rings is 1. The Balaban J connectivity index is 1.79. The zero-order chi connectivity index (χ0) is 18.0. The predicted octanol–water partition coefficient (Wildman–Crippen LogP) is 3.20. The first-order chi connectivity index (χ1) is 12.0. The molecule has 25 heavy (non-hydrogen) atoms. The summed E-state index contributed by atoms with van der Waals surface area (Å²) in [7, 11) is 0. The van der Waals surface area contributed by atoms with Gasteiger partial charge in [0.05, 0.1) is 12.3 Å². The van der Waals surface area contributed by atoms with Crippen molar-refractivity contribution in [2.45, 2.75) is 53.2 Å². The van der Waals surface area contributed by atoms with E-state index in [0.717, 1.165) is 29.0 Å². The molecule has 3 rings (SSSR count). The van der Waals surface area contributed by atoms with E-state index in [1.807, 2.05) is 32.9 Å². The van der Waals surface area contributed by atoms with Gasteiger partial charge in [0.25, 0.3) is 5.91 Å². The number of nitrogens with one attached hydrogen (secondary N) is 1. The van der Waals surface area contributed by atoms with Crippen LogP contribution in [0.15, 0.2) is 16.7 Å². The van der Waals surface area contributed by atoms with Crippen LogP contribution >= 0.6 is 0 Å². The molecule has 1 amide bonds. The molecule has 2 heterocycles. The van der Waals surface area contributed by atoms with Gasteiger partial charge < -0.3 is 19.3 Å². The lowest BCUT2D eigenvalue weighted by molar-refractivity contribution is 0.0948. The van der Waals surface area contributed by atoms with Crippen molar-refractivity contribution < 1.29 is 18.8 Å². The molecule has 1 aromatic carbocycles. The van der Waals surface area contributed by atoms with Crippen LogP contribution < -0.4 is 14.8 Å². The van der Waals surface area contributed by atoms with Gasteiger partial charge in [0.15, 0.2) is 0 Å². The molecule has 1 N–H and O–H groups in total. The largest absolute Gasteiger partial charge is 0.494 e. The van der Waals surface area contributed by atoms with Gasteiger partial charge in [-0.1, -0.05) is 12.1 Å². The molecule has 0 saturated carbocycles. The van der Waals surface area contributed by atoms with Crippen molar-refractivity contribution in [3.8, 4) is 11.5 Å². The van der Waals surface area contributed by atoms with Crippen LogP contribution in [0.1, 0.15) is 53.7 Å². The van der Waals surface area contributed by atoms with E-state index in [2.05, 4.69) is 10.5 Å². The van der Waals surface area contributed by atoms with Crippen molar-refractivity contribution in [2.75, 3.05) is 6.61 Å². The standard InChI is InChI=1S/C19H24N2O4/c1-5-15-18(12(4)25-21-15)19(22)20-10-14-9-17-13(7-11(3)24-17)8-16(14)23-6-2/h8-9,11H,5-7,10H2,1-4H3,(H,20,22)/t11-/m0/s1. The lowest BCUT2D eigenvalue weighted by Crippen LogP contribution is -2.24. The summed E-state index contributed by atoms with van der Waals surface area (Å²) >= 11 is 0. The van der Waals surface area contributed by atoms with Gasteiger partial charge in [-0.25, -0.2) is 0 Å². The SMILES string of the molecule is CCOc1cc2c(cc1CNC(=O)c1c(CC)noc1C)O[C@@H](C)C2. The lowest BCUT2D eigenvalue weighted by atomic mass is 10.1. The van der Waals surface area contributed by atoms with Gasteiger partial charge in [0, 0.05) is 24.1 Å². The molecule has 0 spiro atoms. The topological polar surface area (TPSA) is 73.6 Å². The molecule has 1 aliphatic rings. The molecule has 6 nitrogen and oxygen atoms in total. The Kier molecular flexibility index (Phi) is 4.97. The average molecular weight is 344 g/mol. The number of carbonyl (C=O) groups is 1. The summed E-state index contributed by atoms with van der Waals surface area (Å²) in [6, 6.07) is 3.98. The average Bonchev–Trinajstić information content (AvgIpc) is 3.13. The van der Waals surface area contributed by atoms with Gasteiger partial charge in [-0.15, -0.1) is 0 Å². The number of hydrogen-bond acceptors (Lipinski definition) is 5. The second-order valence-corrected chi connectivity index (χ2v) is 6.23. The van der Waals surface area contributed by atoms with Crippen molar-refractivity contribution in [3.05, 3.63) is 40.3 Å². The number of aryl methyl sites for hydroxylation is 2. The van der Waals surface area contributed by atoms with E-state index in [4.69, 9.17) is 14.0 Å². The Morgan fingerprint density at radius 2 is 2.20 bits per heavy atom. The molecular weight excluding hydrogens is 320 g/mol. The molecule has 134 valence electrons. The van der Waals surface area contributed by atoms with Crippen LogP contribution in [-0.4, -0.2) is 23.8 Å². The first-order valence-electron chi connectivity index (χ1n) is 8.72. The van der Waals surface area contributed by atoms with Crippen LogP contribution in [0.4, 0.5) is 0 Å². The van der Waals surface area contributed by atoms with Crippen molar-refractivity contribution in [1.29, 1.82) is 0 Å². The van der Waals surface area contributed by atoms with E-state index in [-0.39, 0.29) is 12.0 Å². The second kappa shape index (κ2) is 7.17. The molecule has 1 aliphatic heterocycles. The fourth-order valence-electron chi connectivity index (χ4n) is 3.12. The van der Waals surface area contributed by atoms with Crippen molar-refractivity contribution in [2.24, 2.45) is 0 Å². The Hall–Kier alpha value is -2.50. The maximum atomic E-state index is 12.6. The molecule has 0 radical (unpaired) electrons. The minimum absolute atomic E-state index is 0.168. The number of ether oxygens (including phenoxy) is 2. The minimum atomic E-state index is -0.187. The van der Waals surface area contributed by atoms with Gasteiger partial charge in [-0.05, 0) is 39.3 Å². The van der Waals surface area contributed by atoms with Crippen LogP contribution in [0.25, 0.3) is 0 Å².